The molecule has 6 heteroatoms. The molecular formula is C13H18ClN3OS. The first kappa shape index (κ1) is 15.9. The Morgan fingerprint density at radius 3 is 2.58 bits per heavy atom. The molecule has 1 aromatic carbocycles. The van der Waals surface area contributed by atoms with Crippen molar-refractivity contribution in [3.8, 4) is 0 Å². The number of hydrogen-bond acceptors (Lipinski definition) is 3. The van der Waals surface area contributed by atoms with Crippen LogP contribution in [-0.4, -0.2) is 16.5 Å². The fourth-order valence-electron chi connectivity index (χ4n) is 1.64. The molecule has 1 heterocycles. The Kier molecular flexibility index (Phi) is 5.29. The van der Waals surface area contributed by atoms with Crippen LogP contribution in [0.5, 0.6) is 0 Å². The van der Waals surface area contributed by atoms with Crippen molar-refractivity contribution in [2.45, 2.75) is 19.9 Å². The van der Waals surface area contributed by atoms with E-state index in [-0.39, 0.29) is 24.2 Å². The largest absolute Gasteiger partial charge is 0.320 e. The molecule has 19 heavy (non-hydrogen) atoms. The summed E-state index contributed by atoms with van der Waals surface area (Å²) in [5.74, 6) is -0.159. The van der Waals surface area contributed by atoms with E-state index in [1.54, 1.807) is 0 Å². The summed E-state index contributed by atoms with van der Waals surface area (Å²) >= 11 is 1.50. The SMILES string of the molecule is CC(C)[C@H](N)C(=O)N=c1sc2ccccc2n1C.Cl. The maximum atomic E-state index is 11.9. The molecule has 0 aliphatic carbocycles. The molecule has 4 nitrogen and oxygen atoms in total. The molecule has 1 aromatic heterocycles. The van der Waals surface area contributed by atoms with Gasteiger partial charge in [-0.25, -0.2) is 0 Å². The van der Waals surface area contributed by atoms with E-state index in [1.165, 1.54) is 11.3 Å². The number of carbonyl (C=O) groups is 1. The van der Waals surface area contributed by atoms with E-state index in [2.05, 4.69) is 4.99 Å². The molecule has 0 bridgehead atoms. The summed E-state index contributed by atoms with van der Waals surface area (Å²) in [6.07, 6.45) is 0. The number of nitrogens with two attached hydrogens (primary N) is 1. The van der Waals surface area contributed by atoms with Crippen LogP contribution in [0, 0.1) is 5.92 Å². The van der Waals surface area contributed by atoms with E-state index >= 15 is 0 Å². The molecule has 0 saturated carbocycles. The molecule has 2 N–H and O–H groups in total. The van der Waals surface area contributed by atoms with Crippen LogP contribution in [0.1, 0.15) is 13.8 Å². The van der Waals surface area contributed by atoms with Crippen molar-refractivity contribution in [3.05, 3.63) is 29.1 Å². The fourth-order valence-corrected chi connectivity index (χ4v) is 2.67. The molecule has 0 spiro atoms. The number of thiazole rings is 1. The fraction of sp³-hybridized carbons (Fsp3) is 0.385. The summed E-state index contributed by atoms with van der Waals surface area (Å²) in [6.45, 7) is 3.84. The van der Waals surface area contributed by atoms with Gasteiger partial charge in [-0.15, -0.1) is 12.4 Å². The van der Waals surface area contributed by atoms with Crippen LogP contribution in [0.3, 0.4) is 0 Å². The lowest BCUT2D eigenvalue weighted by Crippen LogP contribution is -2.35. The number of benzene rings is 1. The van der Waals surface area contributed by atoms with Crippen molar-refractivity contribution < 1.29 is 4.79 Å². The number of para-hydroxylation sites is 1. The van der Waals surface area contributed by atoms with Crippen LogP contribution < -0.4 is 10.5 Å². The van der Waals surface area contributed by atoms with Gasteiger partial charge in [-0.05, 0) is 18.1 Å². The Morgan fingerprint density at radius 1 is 1.37 bits per heavy atom. The highest BCUT2D eigenvalue weighted by atomic mass is 35.5. The molecule has 1 amide bonds. The van der Waals surface area contributed by atoms with E-state index in [0.717, 1.165) is 10.2 Å². The highest BCUT2D eigenvalue weighted by molar-refractivity contribution is 7.16. The van der Waals surface area contributed by atoms with Crippen LogP contribution in [-0.2, 0) is 11.8 Å². The van der Waals surface area contributed by atoms with Crippen LogP contribution in [0.2, 0.25) is 0 Å². The molecule has 0 aliphatic rings. The third-order valence-electron chi connectivity index (χ3n) is 2.92. The average molecular weight is 300 g/mol. The Balaban J connectivity index is 0.00000180. The minimum Gasteiger partial charge on any atom is -0.320 e. The van der Waals surface area contributed by atoms with Gasteiger partial charge in [0.1, 0.15) is 0 Å². The zero-order valence-corrected chi connectivity index (χ0v) is 12.8. The van der Waals surface area contributed by atoms with Crippen molar-refractivity contribution in [2.75, 3.05) is 0 Å². The second-order valence-electron chi connectivity index (χ2n) is 4.63. The lowest BCUT2D eigenvalue weighted by molar-refractivity contribution is -0.120. The quantitative estimate of drug-likeness (QED) is 0.923. The summed E-state index contributed by atoms with van der Waals surface area (Å²) in [5, 5.41) is 0. The number of rotatable bonds is 2. The summed E-state index contributed by atoms with van der Waals surface area (Å²) in [7, 11) is 1.91. The third-order valence-corrected chi connectivity index (χ3v) is 4.04. The molecule has 0 aliphatic heterocycles. The van der Waals surface area contributed by atoms with Gasteiger partial charge in [0.15, 0.2) is 4.80 Å². The number of fused-ring (bicyclic) bond motifs is 1. The van der Waals surface area contributed by atoms with Crippen LogP contribution >= 0.6 is 23.7 Å². The second-order valence-corrected chi connectivity index (χ2v) is 5.64. The molecule has 2 rings (SSSR count). The van der Waals surface area contributed by atoms with Crippen molar-refractivity contribution >= 4 is 39.9 Å². The van der Waals surface area contributed by atoms with Gasteiger partial charge in [0.2, 0.25) is 0 Å². The number of carbonyl (C=O) groups excluding carboxylic acids is 1. The van der Waals surface area contributed by atoms with Crippen LogP contribution in [0.4, 0.5) is 0 Å². The predicted molar refractivity (Wildman–Crippen MR) is 81.4 cm³/mol. The van der Waals surface area contributed by atoms with Gasteiger partial charge < -0.3 is 10.3 Å². The van der Waals surface area contributed by atoms with Crippen molar-refractivity contribution in [1.82, 2.24) is 4.57 Å². The maximum Gasteiger partial charge on any atom is 0.265 e. The first-order valence-corrected chi connectivity index (χ1v) is 6.71. The van der Waals surface area contributed by atoms with E-state index in [1.807, 2.05) is 49.7 Å². The number of hydrogen-bond donors (Lipinski definition) is 1. The highest BCUT2D eigenvalue weighted by Crippen LogP contribution is 2.15. The van der Waals surface area contributed by atoms with Gasteiger partial charge in [-0.2, -0.15) is 4.99 Å². The van der Waals surface area contributed by atoms with Gasteiger partial charge in [0.05, 0.1) is 16.3 Å². The third kappa shape index (κ3) is 3.23. The lowest BCUT2D eigenvalue weighted by Gasteiger charge is -2.09. The number of nitrogens with zero attached hydrogens (tertiary/aromatic N) is 2. The van der Waals surface area contributed by atoms with Crippen LogP contribution in [0.25, 0.3) is 10.2 Å². The molecule has 104 valence electrons. The van der Waals surface area contributed by atoms with Gasteiger partial charge in [-0.3, -0.25) is 4.79 Å². The highest BCUT2D eigenvalue weighted by Gasteiger charge is 2.16. The Morgan fingerprint density at radius 2 is 2.00 bits per heavy atom. The van der Waals surface area contributed by atoms with Gasteiger partial charge in [0.25, 0.3) is 5.91 Å². The molecular weight excluding hydrogens is 282 g/mol. The Labute approximate surface area is 122 Å². The van der Waals surface area contributed by atoms with Crippen molar-refractivity contribution in [1.29, 1.82) is 0 Å². The number of amides is 1. The van der Waals surface area contributed by atoms with E-state index in [9.17, 15) is 4.79 Å². The molecule has 0 saturated heterocycles. The summed E-state index contributed by atoms with van der Waals surface area (Å²) in [5.41, 5.74) is 6.88. The predicted octanol–water partition coefficient (Wildman–Crippen LogP) is 2.07. The molecule has 0 fully saturated rings. The first-order valence-electron chi connectivity index (χ1n) is 5.89. The Hall–Kier alpha value is -1.17. The average Bonchev–Trinajstić information content (AvgIpc) is 2.66. The lowest BCUT2D eigenvalue weighted by atomic mass is 10.1. The van der Waals surface area contributed by atoms with Crippen LogP contribution in [0.15, 0.2) is 29.3 Å². The zero-order chi connectivity index (χ0) is 13.3. The normalized spacial score (nSPS) is 13.6. The van der Waals surface area contributed by atoms with Crippen molar-refractivity contribution in [3.63, 3.8) is 0 Å². The molecule has 0 unspecified atom stereocenters. The second kappa shape index (κ2) is 6.32. The smallest absolute Gasteiger partial charge is 0.265 e. The molecule has 0 radical (unpaired) electrons. The Bertz CT molecular complexity index is 645. The van der Waals surface area contributed by atoms with Crippen molar-refractivity contribution in [2.24, 2.45) is 23.7 Å². The van der Waals surface area contributed by atoms with Gasteiger partial charge in [0, 0.05) is 7.05 Å². The van der Waals surface area contributed by atoms with E-state index in [4.69, 9.17) is 5.73 Å². The van der Waals surface area contributed by atoms with E-state index < -0.39 is 6.04 Å². The minimum absolute atomic E-state index is 0. The number of aromatic nitrogens is 1. The number of halogens is 1. The summed E-state index contributed by atoms with van der Waals surface area (Å²) < 4.78 is 3.04. The number of aryl methyl sites for hydroxylation is 1. The monoisotopic (exact) mass is 299 g/mol. The molecule has 1 atom stereocenters. The van der Waals surface area contributed by atoms with Gasteiger partial charge >= 0.3 is 0 Å². The summed E-state index contributed by atoms with van der Waals surface area (Å²) in [4.78, 5) is 16.7. The van der Waals surface area contributed by atoms with Gasteiger partial charge in [-0.1, -0.05) is 37.3 Å². The van der Waals surface area contributed by atoms with E-state index in [0.29, 0.717) is 4.80 Å². The molecule has 2 aromatic rings. The standard InChI is InChI=1S/C13H17N3OS.ClH/c1-8(2)11(14)12(17)15-13-16(3)9-6-4-5-7-10(9)18-13;/h4-8,11H,14H2,1-3H3;1H/t11-;/m0./s1. The minimum atomic E-state index is -0.532. The topological polar surface area (TPSA) is 60.4 Å². The first-order chi connectivity index (χ1) is 8.50. The maximum absolute atomic E-state index is 11.9. The summed E-state index contributed by atoms with van der Waals surface area (Å²) in [6, 6.07) is 7.45. The zero-order valence-electron chi connectivity index (χ0n) is 11.2.